The second kappa shape index (κ2) is 7.78. The molecule has 0 atom stereocenters. The van der Waals surface area contributed by atoms with Crippen LogP contribution in [0.1, 0.15) is 18.4 Å². The first-order valence-electron chi connectivity index (χ1n) is 8.79. The Bertz CT molecular complexity index is 1040. The van der Waals surface area contributed by atoms with Gasteiger partial charge in [-0.3, -0.25) is 9.78 Å². The fourth-order valence-electron chi connectivity index (χ4n) is 2.94. The molecule has 0 spiro atoms. The number of nitrogens with zero attached hydrogens (tertiary/aromatic N) is 3. The van der Waals surface area contributed by atoms with Gasteiger partial charge in [0.25, 0.3) is 0 Å². The van der Waals surface area contributed by atoms with Crippen LogP contribution in [0.25, 0.3) is 22.2 Å². The molecule has 0 aliphatic rings. The van der Waals surface area contributed by atoms with E-state index in [1.54, 1.807) is 18.5 Å². The van der Waals surface area contributed by atoms with Crippen LogP contribution in [-0.4, -0.2) is 21.2 Å². The van der Waals surface area contributed by atoms with Gasteiger partial charge in [0.1, 0.15) is 11.0 Å². The lowest BCUT2D eigenvalue weighted by Gasteiger charge is -2.06. The molecule has 1 amide bonds. The van der Waals surface area contributed by atoms with Crippen LogP contribution >= 0.6 is 0 Å². The number of hydrogen-bond acceptors (Lipinski definition) is 5. The average Bonchev–Trinajstić information content (AvgIpc) is 3.17. The molecule has 4 aromatic rings. The Morgan fingerprint density at radius 3 is 2.59 bits per heavy atom. The number of pyridine rings is 1. The maximum atomic E-state index is 12.0. The van der Waals surface area contributed by atoms with Crippen molar-refractivity contribution in [1.29, 1.82) is 0 Å². The molecular weight excluding hydrogens is 340 g/mol. The van der Waals surface area contributed by atoms with E-state index in [4.69, 9.17) is 4.63 Å². The number of aromatic nitrogens is 3. The van der Waals surface area contributed by atoms with Crippen LogP contribution in [0.4, 0.5) is 5.69 Å². The SMILES string of the molecule is O=C(CCCc1ccc(-c2ccc3nonc3c2)cc1)Nc1cccnc1. The van der Waals surface area contributed by atoms with Crippen molar-refractivity contribution in [3.8, 4) is 11.1 Å². The van der Waals surface area contributed by atoms with Gasteiger partial charge in [-0.2, -0.15) is 0 Å². The summed E-state index contributed by atoms with van der Waals surface area (Å²) in [5, 5.41) is 10.6. The number of carbonyl (C=O) groups excluding carboxylic acids is 1. The third-order valence-electron chi connectivity index (χ3n) is 4.36. The first-order valence-corrected chi connectivity index (χ1v) is 8.79. The largest absolute Gasteiger partial charge is 0.325 e. The Kier molecular flexibility index (Phi) is 4.87. The van der Waals surface area contributed by atoms with E-state index in [1.165, 1.54) is 5.56 Å². The number of hydrogen-bond donors (Lipinski definition) is 1. The number of aryl methyl sites for hydroxylation is 1. The summed E-state index contributed by atoms with van der Waals surface area (Å²) in [7, 11) is 0. The molecular formula is C21H18N4O2. The summed E-state index contributed by atoms with van der Waals surface area (Å²) in [5.41, 5.74) is 5.61. The summed E-state index contributed by atoms with van der Waals surface area (Å²) in [6.45, 7) is 0. The Labute approximate surface area is 156 Å². The second-order valence-corrected chi connectivity index (χ2v) is 6.31. The molecule has 0 bridgehead atoms. The normalized spacial score (nSPS) is 10.8. The van der Waals surface area contributed by atoms with Crippen molar-refractivity contribution in [3.05, 3.63) is 72.6 Å². The molecule has 4 rings (SSSR count). The summed E-state index contributed by atoms with van der Waals surface area (Å²) >= 11 is 0. The van der Waals surface area contributed by atoms with Gasteiger partial charge in [-0.25, -0.2) is 4.63 Å². The standard InChI is InChI=1S/C21H18N4O2/c26-21(23-18-4-2-12-22-14-18)5-1-3-15-6-8-16(9-7-15)17-10-11-19-20(13-17)25-27-24-19/h2,4,6-14H,1,3,5H2,(H,23,26). The molecule has 0 saturated heterocycles. The van der Waals surface area contributed by atoms with Gasteiger partial charge in [0.2, 0.25) is 5.91 Å². The highest BCUT2D eigenvalue weighted by Gasteiger charge is 2.05. The minimum atomic E-state index is 0.00847. The zero-order chi connectivity index (χ0) is 18.5. The smallest absolute Gasteiger partial charge is 0.224 e. The zero-order valence-corrected chi connectivity index (χ0v) is 14.6. The first kappa shape index (κ1) is 16.9. The van der Waals surface area contributed by atoms with Crippen LogP contribution in [0.15, 0.2) is 71.6 Å². The number of nitrogens with one attached hydrogen (secondary N) is 1. The van der Waals surface area contributed by atoms with Gasteiger partial charge in [0, 0.05) is 12.6 Å². The second-order valence-electron chi connectivity index (χ2n) is 6.31. The Morgan fingerprint density at radius 1 is 0.963 bits per heavy atom. The number of anilines is 1. The zero-order valence-electron chi connectivity index (χ0n) is 14.6. The summed E-state index contributed by atoms with van der Waals surface area (Å²) in [5.74, 6) is 0.00847. The maximum Gasteiger partial charge on any atom is 0.224 e. The molecule has 0 saturated carbocycles. The van der Waals surface area contributed by atoms with Crippen molar-refractivity contribution in [2.24, 2.45) is 0 Å². The summed E-state index contributed by atoms with van der Waals surface area (Å²) in [6, 6.07) is 17.9. The predicted molar refractivity (Wildman–Crippen MR) is 103 cm³/mol. The van der Waals surface area contributed by atoms with Crippen LogP contribution in [-0.2, 0) is 11.2 Å². The molecule has 0 aliphatic heterocycles. The van der Waals surface area contributed by atoms with E-state index in [9.17, 15) is 4.79 Å². The van der Waals surface area contributed by atoms with Crippen molar-refractivity contribution in [2.45, 2.75) is 19.3 Å². The molecule has 2 heterocycles. The van der Waals surface area contributed by atoms with Gasteiger partial charge in [0.05, 0.1) is 11.9 Å². The van der Waals surface area contributed by atoms with E-state index in [0.29, 0.717) is 6.42 Å². The quantitative estimate of drug-likeness (QED) is 0.557. The van der Waals surface area contributed by atoms with Gasteiger partial charge in [-0.1, -0.05) is 30.3 Å². The van der Waals surface area contributed by atoms with Crippen molar-refractivity contribution < 1.29 is 9.42 Å². The predicted octanol–water partition coefficient (Wildman–Crippen LogP) is 4.25. The van der Waals surface area contributed by atoms with Crippen LogP contribution in [0.2, 0.25) is 0 Å². The molecule has 2 aromatic heterocycles. The average molecular weight is 358 g/mol. The van der Waals surface area contributed by atoms with Crippen molar-refractivity contribution in [2.75, 3.05) is 5.32 Å². The minimum absolute atomic E-state index is 0.00847. The lowest BCUT2D eigenvalue weighted by Crippen LogP contribution is -2.11. The maximum absolute atomic E-state index is 12.0. The third kappa shape index (κ3) is 4.17. The molecule has 2 aromatic carbocycles. The molecule has 27 heavy (non-hydrogen) atoms. The topological polar surface area (TPSA) is 80.9 Å². The van der Waals surface area contributed by atoms with E-state index in [1.807, 2.05) is 24.3 Å². The van der Waals surface area contributed by atoms with Crippen molar-refractivity contribution >= 4 is 22.6 Å². The van der Waals surface area contributed by atoms with Crippen LogP contribution in [0.3, 0.4) is 0 Å². The molecule has 0 fully saturated rings. The number of fused-ring (bicyclic) bond motifs is 1. The molecule has 1 N–H and O–H groups in total. The van der Waals surface area contributed by atoms with E-state index in [0.717, 1.165) is 40.7 Å². The molecule has 0 radical (unpaired) electrons. The molecule has 134 valence electrons. The number of amides is 1. The number of rotatable bonds is 6. The fraction of sp³-hybridized carbons (Fsp3) is 0.143. The van der Waals surface area contributed by atoms with E-state index in [-0.39, 0.29) is 5.91 Å². The summed E-state index contributed by atoms with van der Waals surface area (Å²) < 4.78 is 4.74. The Morgan fingerprint density at radius 2 is 1.78 bits per heavy atom. The van der Waals surface area contributed by atoms with Gasteiger partial charge < -0.3 is 5.32 Å². The highest BCUT2D eigenvalue weighted by atomic mass is 16.6. The van der Waals surface area contributed by atoms with Gasteiger partial charge >= 0.3 is 0 Å². The first-order chi connectivity index (χ1) is 13.3. The van der Waals surface area contributed by atoms with Gasteiger partial charge in [-0.15, -0.1) is 0 Å². The molecule has 6 nitrogen and oxygen atoms in total. The molecule has 6 heteroatoms. The summed E-state index contributed by atoms with van der Waals surface area (Å²) in [4.78, 5) is 16.0. The minimum Gasteiger partial charge on any atom is -0.325 e. The van der Waals surface area contributed by atoms with Gasteiger partial charge in [-0.05, 0) is 64.1 Å². The van der Waals surface area contributed by atoms with Crippen LogP contribution in [0, 0.1) is 0 Å². The lowest BCUT2D eigenvalue weighted by molar-refractivity contribution is -0.116. The molecule has 0 aliphatic carbocycles. The monoisotopic (exact) mass is 358 g/mol. The van der Waals surface area contributed by atoms with Crippen molar-refractivity contribution in [1.82, 2.24) is 15.3 Å². The van der Waals surface area contributed by atoms with Crippen LogP contribution < -0.4 is 5.32 Å². The number of benzene rings is 2. The van der Waals surface area contributed by atoms with E-state index in [2.05, 4.69) is 44.9 Å². The van der Waals surface area contributed by atoms with Crippen LogP contribution in [0.5, 0.6) is 0 Å². The highest BCUT2D eigenvalue weighted by molar-refractivity contribution is 5.90. The summed E-state index contributed by atoms with van der Waals surface area (Å²) in [6.07, 6.45) is 5.45. The Hall–Kier alpha value is -3.54. The Balaban J connectivity index is 1.32. The molecule has 0 unspecified atom stereocenters. The van der Waals surface area contributed by atoms with Crippen molar-refractivity contribution in [3.63, 3.8) is 0 Å². The fourth-order valence-corrected chi connectivity index (χ4v) is 2.94. The third-order valence-corrected chi connectivity index (χ3v) is 4.36. The lowest BCUT2D eigenvalue weighted by atomic mass is 10.0. The van der Waals surface area contributed by atoms with E-state index >= 15 is 0 Å². The van der Waals surface area contributed by atoms with E-state index < -0.39 is 0 Å². The highest BCUT2D eigenvalue weighted by Crippen LogP contribution is 2.23. The number of carbonyl (C=O) groups is 1. The van der Waals surface area contributed by atoms with Gasteiger partial charge in [0.15, 0.2) is 0 Å².